The Morgan fingerprint density at radius 1 is 1.18 bits per heavy atom. The Morgan fingerprint density at radius 3 is 2.24 bits per heavy atom. The standard InChI is InChI=1S/C15H20O2/c1-5-14(12(4)15(16)17-6-2)13-9-7-11(3)8-10-13/h7-10H,5-6H2,1-4H3/b14-12-. The molecule has 1 aromatic rings. The highest BCUT2D eigenvalue weighted by Crippen LogP contribution is 2.23. The van der Waals surface area contributed by atoms with E-state index in [9.17, 15) is 4.79 Å². The lowest BCUT2D eigenvalue weighted by Crippen LogP contribution is -2.07. The molecule has 0 amide bonds. The minimum Gasteiger partial charge on any atom is -0.463 e. The second kappa shape index (κ2) is 6.24. The maximum atomic E-state index is 11.7. The molecule has 0 fully saturated rings. The zero-order valence-corrected chi connectivity index (χ0v) is 11.0. The Balaban J connectivity index is 3.09. The minimum absolute atomic E-state index is 0.218. The Morgan fingerprint density at radius 2 is 1.76 bits per heavy atom. The zero-order chi connectivity index (χ0) is 12.8. The zero-order valence-electron chi connectivity index (χ0n) is 11.0. The molecule has 1 rings (SSSR count). The first-order valence-corrected chi connectivity index (χ1v) is 6.04. The second-order valence-corrected chi connectivity index (χ2v) is 4.04. The van der Waals surface area contributed by atoms with Gasteiger partial charge in [-0.25, -0.2) is 4.79 Å². The normalized spacial score (nSPS) is 12.0. The van der Waals surface area contributed by atoms with E-state index in [0.717, 1.165) is 17.6 Å². The third kappa shape index (κ3) is 3.45. The number of allylic oxidation sites excluding steroid dienone is 1. The SMILES string of the molecule is CCOC(=O)/C(C)=C(/CC)c1ccc(C)cc1. The molecule has 0 aliphatic carbocycles. The summed E-state index contributed by atoms with van der Waals surface area (Å²) in [6.07, 6.45) is 0.827. The molecule has 0 N–H and O–H groups in total. The van der Waals surface area contributed by atoms with Gasteiger partial charge in [0.2, 0.25) is 0 Å². The monoisotopic (exact) mass is 232 g/mol. The van der Waals surface area contributed by atoms with E-state index in [-0.39, 0.29) is 5.97 Å². The lowest BCUT2D eigenvalue weighted by atomic mass is 9.97. The van der Waals surface area contributed by atoms with Gasteiger partial charge in [0.1, 0.15) is 0 Å². The lowest BCUT2D eigenvalue weighted by molar-refractivity contribution is -0.138. The van der Waals surface area contributed by atoms with Crippen LogP contribution in [0.15, 0.2) is 29.8 Å². The van der Waals surface area contributed by atoms with Gasteiger partial charge in [-0.3, -0.25) is 0 Å². The van der Waals surface area contributed by atoms with Crippen LogP contribution >= 0.6 is 0 Å². The van der Waals surface area contributed by atoms with E-state index in [1.54, 1.807) is 0 Å². The van der Waals surface area contributed by atoms with E-state index in [1.165, 1.54) is 5.56 Å². The molecule has 0 aliphatic heterocycles. The Labute approximate surface area is 103 Å². The molecule has 0 saturated carbocycles. The van der Waals surface area contributed by atoms with Crippen LogP contribution in [0.5, 0.6) is 0 Å². The van der Waals surface area contributed by atoms with Crippen LogP contribution in [0.1, 0.15) is 38.3 Å². The topological polar surface area (TPSA) is 26.3 Å². The van der Waals surface area contributed by atoms with Crippen LogP contribution in [0, 0.1) is 6.92 Å². The van der Waals surface area contributed by atoms with E-state index in [1.807, 2.05) is 13.8 Å². The fourth-order valence-electron chi connectivity index (χ4n) is 1.80. The summed E-state index contributed by atoms with van der Waals surface area (Å²) in [5.41, 5.74) is 4.09. The van der Waals surface area contributed by atoms with Crippen molar-refractivity contribution in [1.82, 2.24) is 0 Å². The van der Waals surface area contributed by atoms with Crippen LogP contribution in [0.25, 0.3) is 5.57 Å². The summed E-state index contributed by atoms with van der Waals surface area (Å²) >= 11 is 0. The van der Waals surface area contributed by atoms with Crippen molar-refractivity contribution < 1.29 is 9.53 Å². The number of esters is 1. The fourth-order valence-corrected chi connectivity index (χ4v) is 1.80. The van der Waals surface area contributed by atoms with Gasteiger partial charge in [-0.15, -0.1) is 0 Å². The van der Waals surface area contributed by atoms with Gasteiger partial charge in [-0.1, -0.05) is 36.8 Å². The van der Waals surface area contributed by atoms with Crippen LogP contribution < -0.4 is 0 Å². The molecular weight excluding hydrogens is 212 g/mol. The molecule has 0 bridgehead atoms. The Kier molecular flexibility index (Phi) is 4.95. The highest BCUT2D eigenvalue weighted by molar-refractivity contribution is 5.97. The summed E-state index contributed by atoms with van der Waals surface area (Å²) in [6.45, 7) is 8.18. The minimum atomic E-state index is -0.218. The first-order chi connectivity index (χ1) is 8.10. The molecular formula is C15H20O2. The number of carbonyl (C=O) groups is 1. The summed E-state index contributed by atoms with van der Waals surface area (Å²) in [4.78, 5) is 11.7. The van der Waals surface area contributed by atoms with Crippen molar-refractivity contribution in [2.75, 3.05) is 6.61 Å². The summed E-state index contributed by atoms with van der Waals surface area (Å²) in [5, 5.41) is 0. The molecule has 0 radical (unpaired) electrons. The van der Waals surface area contributed by atoms with Crippen molar-refractivity contribution >= 4 is 11.5 Å². The van der Waals surface area contributed by atoms with Gasteiger partial charge in [-0.2, -0.15) is 0 Å². The molecule has 17 heavy (non-hydrogen) atoms. The van der Waals surface area contributed by atoms with Crippen molar-refractivity contribution in [2.45, 2.75) is 34.1 Å². The quantitative estimate of drug-likeness (QED) is 0.584. The average molecular weight is 232 g/mol. The Hall–Kier alpha value is -1.57. The van der Waals surface area contributed by atoms with Crippen LogP contribution in [0.3, 0.4) is 0 Å². The van der Waals surface area contributed by atoms with Crippen LogP contribution in [-0.2, 0) is 9.53 Å². The number of rotatable bonds is 4. The maximum Gasteiger partial charge on any atom is 0.333 e. The third-order valence-corrected chi connectivity index (χ3v) is 2.79. The number of carbonyl (C=O) groups excluding carboxylic acids is 1. The van der Waals surface area contributed by atoms with Gasteiger partial charge in [0.25, 0.3) is 0 Å². The summed E-state index contributed by atoms with van der Waals surface area (Å²) in [5.74, 6) is -0.218. The van der Waals surface area contributed by atoms with E-state index in [2.05, 4.69) is 38.1 Å². The van der Waals surface area contributed by atoms with E-state index in [0.29, 0.717) is 12.2 Å². The van der Waals surface area contributed by atoms with E-state index in [4.69, 9.17) is 4.74 Å². The molecule has 0 saturated heterocycles. The number of benzene rings is 1. The van der Waals surface area contributed by atoms with Gasteiger partial charge in [-0.05, 0) is 38.3 Å². The molecule has 2 heteroatoms. The molecule has 0 spiro atoms. The summed E-state index contributed by atoms with van der Waals surface area (Å²) in [6, 6.07) is 8.22. The van der Waals surface area contributed by atoms with Crippen molar-refractivity contribution in [1.29, 1.82) is 0 Å². The molecule has 0 aromatic heterocycles. The van der Waals surface area contributed by atoms with Gasteiger partial charge < -0.3 is 4.74 Å². The van der Waals surface area contributed by atoms with Crippen LogP contribution in [-0.4, -0.2) is 12.6 Å². The highest BCUT2D eigenvalue weighted by atomic mass is 16.5. The van der Waals surface area contributed by atoms with Crippen molar-refractivity contribution in [3.63, 3.8) is 0 Å². The van der Waals surface area contributed by atoms with Gasteiger partial charge in [0.15, 0.2) is 0 Å². The average Bonchev–Trinajstić information content (AvgIpc) is 2.32. The second-order valence-electron chi connectivity index (χ2n) is 4.04. The number of ether oxygens (including phenoxy) is 1. The van der Waals surface area contributed by atoms with Gasteiger partial charge in [0.05, 0.1) is 6.61 Å². The smallest absolute Gasteiger partial charge is 0.333 e. The first kappa shape index (κ1) is 13.5. The molecule has 2 nitrogen and oxygen atoms in total. The van der Waals surface area contributed by atoms with Gasteiger partial charge in [0, 0.05) is 5.57 Å². The highest BCUT2D eigenvalue weighted by Gasteiger charge is 2.11. The van der Waals surface area contributed by atoms with Crippen molar-refractivity contribution in [2.24, 2.45) is 0 Å². The van der Waals surface area contributed by atoms with E-state index >= 15 is 0 Å². The van der Waals surface area contributed by atoms with Gasteiger partial charge >= 0.3 is 5.97 Å². The molecule has 92 valence electrons. The lowest BCUT2D eigenvalue weighted by Gasteiger charge is -2.10. The van der Waals surface area contributed by atoms with E-state index < -0.39 is 0 Å². The Bertz CT molecular complexity index is 413. The summed E-state index contributed by atoms with van der Waals surface area (Å²) < 4.78 is 5.03. The predicted molar refractivity (Wildman–Crippen MR) is 70.7 cm³/mol. The van der Waals surface area contributed by atoms with Crippen LogP contribution in [0.2, 0.25) is 0 Å². The number of hydrogen-bond acceptors (Lipinski definition) is 2. The third-order valence-electron chi connectivity index (χ3n) is 2.79. The maximum absolute atomic E-state index is 11.7. The fraction of sp³-hybridized carbons (Fsp3) is 0.400. The molecule has 0 unspecified atom stereocenters. The number of hydrogen-bond donors (Lipinski definition) is 0. The number of aryl methyl sites for hydroxylation is 1. The predicted octanol–water partition coefficient (Wildman–Crippen LogP) is 3.74. The molecule has 0 aliphatic rings. The molecule has 0 heterocycles. The van der Waals surface area contributed by atoms with Crippen molar-refractivity contribution in [3.05, 3.63) is 41.0 Å². The molecule has 1 aromatic carbocycles. The van der Waals surface area contributed by atoms with Crippen molar-refractivity contribution in [3.8, 4) is 0 Å². The first-order valence-electron chi connectivity index (χ1n) is 6.04. The largest absolute Gasteiger partial charge is 0.463 e. The van der Waals surface area contributed by atoms with Crippen LogP contribution in [0.4, 0.5) is 0 Å². The molecule has 0 atom stereocenters. The summed E-state index contributed by atoms with van der Waals surface area (Å²) in [7, 11) is 0.